The van der Waals surface area contributed by atoms with Crippen LogP contribution in [0.2, 0.25) is 0 Å². The first-order valence-electron chi connectivity index (χ1n) is 6.72. The lowest BCUT2D eigenvalue weighted by atomic mass is 9.98. The standard InChI is InChI=1S/C14H21ClN2O/c1-2-18-13-7-4-8-16-14(13)17-10-12-6-3-5-11(12)9-15/h4,7-8,11-12H,2-3,5-6,9-10H2,1H3,(H,16,17). The molecule has 1 aromatic heterocycles. The summed E-state index contributed by atoms with van der Waals surface area (Å²) in [6.07, 6.45) is 5.61. The monoisotopic (exact) mass is 268 g/mol. The Bertz CT molecular complexity index is 373. The van der Waals surface area contributed by atoms with Crippen LogP contribution in [-0.4, -0.2) is 24.0 Å². The van der Waals surface area contributed by atoms with Gasteiger partial charge in [0.05, 0.1) is 6.61 Å². The number of aromatic nitrogens is 1. The zero-order valence-corrected chi connectivity index (χ0v) is 11.6. The Hall–Kier alpha value is -0.960. The smallest absolute Gasteiger partial charge is 0.168 e. The van der Waals surface area contributed by atoms with Crippen molar-refractivity contribution < 1.29 is 4.74 Å². The number of pyridine rings is 1. The average Bonchev–Trinajstić information content (AvgIpc) is 2.85. The normalized spacial score (nSPS) is 23.0. The molecule has 100 valence electrons. The number of alkyl halides is 1. The summed E-state index contributed by atoms with van der Waals surface area (Å²) >= 11 is 6.00. The molecule has 1 aliphatic rings. The van der Waals surface area contributed by atoms with Crippen LogP contribution >= 0.6 is 11.6 Å². The van der Waals surface area contributed by atoms with Crippen molar-refractivity contribution in [2.75, 3.05) is 24.3 Å². The number of ether oxygens (including phenoxy) is 1. The summed E-state index contributed by atoms with van der Waals surface area (Å²) in [7, 11) is 0. The van der Waals surface area contributed by atoms with Crippen molar-refractivity contribution in [3.05, 3.63) is 18.3 Å². The topological polar surface area (TPSA) is 34.1 Å². The maximum atomic E-state index is 6.00. The van der Waals surface area contributed by atoms with Crippen molar-refractivity contribution in [3.8, 4) is 5.75 Å². The molecule has 2 unspecified atom stereocenters. The van der Waals surface area contributed by atoms with Crippen LogP contribution in [0.5, 0.6) is 5.75 Å². The highest BCUT2D eigenvalue weighted by molar-refractivity contribution is 6.18. The van der Waals surface area contributed by atoms with Gasteiger partial charge in [0, 0.05) is 18.6 Å². The highest BCUT2D eigenvalue weighted by Gasteiger charge is 2.26. The van der Waals surface area contributed by atoms with Gasteiger partial charge in [-0.15, -0.1) is 11.6 Å². The first kappa shape index (κ1) is 13.5. The first-order chi connectivity index (χ1) is 8.85. The first-order valence-corrected chi connectivity index (χ1v) is 7.26. The number of hydrogen-bond donors (Lipinski definition) is 1. The molecule has 0 aliphatic heterocycles. The fourth-order valence-corrected chi connectivity index (χ4v) is 3.01. The molecule has 0 aromatic carbocycles. The fraction of sp³-hybridized carbons (Fsp3) is 0.643. The van der Waals surface area contributed by atoms with E-state index in [1.807, 2.05) is 19.1 Å². The molecule has 3 nitrogen and oxygen atoms in total. The van der Waals surface area contributed by atoms with Crippen molar-refractivity contribution >= 4 is 17.4 Å². The Labute approximate surface area is 114 Å². The Morgan fingerprint density at radius 1 is 1.44 bits per heavy atom. The number of nitrogens with zero attached hydrogens (tertiary/aromatic N) is 1. The van der Waals surface area contributed by atoms with Crippen LogP contribution in [-0.2, 0) is 0 Å². The van der Waals surface area contributed by atoms with Crippen molar-refractivity contribution in [2.24, 2.45) is 11.8 Å². The summed E-state index contributed by atoms with van der Waals surface area (Å²) < 4.78 is 5.55. The van der Waals surface area contributed by atoms with Crippen LogP contribution in [0.4, 0.5) is 5.82 Å². The third kappa shape index (κ3) is 3.29. The van der Waals surface area contributed by atoms with Crippen LogP contribution in [0.15, 0.2) is 18.3 Å². The maximum absolute atomic E-state index is 6.00. The van der Waals surface area contributed by atoms with E-state index < -0.39 is 0 Å². The van der Waals surface area contributed by atoms with Gasteiger partial charge in [-0.25, -0.2) is 4.98 Å². The van der Waals surface area contributed by atoms with E-state index in [1.165, 1.54) is 19.3 Å². The van der Waals surface area contributed by atoms with E-state index in [0.717, 1.165) is 24.0 Å². The van der Waals surface area contributed by atoms with Gasteiger partial charge >= 0.3 is 0 Å². The number of rotatable bonds is 6. The van der Waals surface area contributed by atoms with Gasteiger partial charge in [-0.05, 0) is 43.7 Å². The molecular weight excluding hydrogens is 248 g/mol. The van der Waals surface area contributed by atoms with Crippen molar-refractivity contribution in [2.45, 2.75) is 26.2 Å². The minimum atomic E-state index is 0.651. The highest BCUT2D eigenvalue weighted by atomic mass is 35.5. The van der Waals surface area contributed by atoms with Crippen molar-refractivity contribution in [3.63, 3.8) is 0 Å². The van der Waals surface area contributed by atoms with E-state index in [2.05, 4.69) is 10.3 Å². The molecule has 0 spiro atoms. The second-order valence-corrected chi connectivity index (χ2v) is 5.08. The van der Waals surface area contributed by atoms with Gasteiger partial charge in [-0.2, -0.15) is 0 Å². The number of anilines is 1. The van der Waals surface area contributed by atoms with Gasteiger partial charge < -0.3 is 10.1 Å². The number of halogens is 1. The van der Waals surface area contributed by atoms with Crippen molar-refractivity contribution in [1.29, 1.82) is 0 Å². The molecule has 0 bridgehead atoms. The van der Waals surface area contributed by atoms with E-state index in [9.17, 15) is 0 Å². The Morgan fingerprint density at radius 2 is 2.28 bits per heavy atom. The largest absolute Gasteiger partial charge is 0.490 e. The molecule has 0 radical (unpaired) electrons. The summed E-state index contributed by atoms with van der Waals surface area (Å²) in [6.45, 7) is 3.58. The number of nitrogens with one attached hydrogen (secondary N) is 1. The lowest BCUT2D eigenvalue weighted by molar-refractivity contribution is 0.340. The zero-order chi connectivity index (χ0) is 12.8. The lowest BCUT2D eigenvalue weighted by Crippen LogP contribution is -2.20. The molecule has 1 N–H and O–H groups in total. The van der Waals surface area contributed by atoms with Gasteiger partial charge in [0.2, 0.25) is 0 Å². The van der Waals surface area contributed by atoms with Crippen molar-refractivity contribution in [1.82, 2.24) is 4.98 Å². The molecule has 0 amide bonds. The minimum Gasteiger partial charge on any atom is -0.490 e. The second kappa shape index (κ2) is 6.83. The molecule has 2 atom stereocenters. The molecular formula is C14H21ClN2O. The van der Waals surface area contributed by atoms with Crippen LogP contribution in [0, 0.1) is 11.8 Å². The molecule has 1 aliphatic carbocycles. The van der Waals surface area contributed by atoms with Gasteiger partial charge in [-0.3, -0.25) is 0 Å². The Kier molecular flexibility index (Phi) is 5.12. The Morgan fingerprint density at radius 3 is 3.06 bits per heavy atom. The molecule has 1 heterocycles. The van der Waals surface area contributed by atoms with E-state index in [-0.39, 0.29) is 0 Å². The van der Waals surface area contributed by atoms with Gasteiger partial charge in [-0.1, -0.05) is 6.42 Å². The molecule has 1 saturated carbocycles. The van der Waals surface area contributed by atoms with Crippen LogP contribution < -0.4 is 10.1 Å². The molecule has 1 aromatic rings. The van der Waals surface area contributed by atoms with Crippen LogP contribution in [0.1, 0.15) is 26.2 Å². The maximum Gasteiger partial charge on any atom is 0.168 e. The molecule has 2 rings (SSSR count). The van der Waals surface area contributed by atoms with E-state index in [1.54, 1.807) is 6.20 Å². The second-order valence-electron chi connectivity index (χ2n) is 4.77. The summed E-state index contributed by atoms with van der Waals surface area (Å²) in [6, 6.07) is 3.85. The molecule has 1 fully saturated rings. The third-order valence-corrected chi connectivity index (χ3v) is 4.01. The third-order valence-electron chi connectivity index (χ3n) is 3.62. The summed E-state index contributed by atoms with van der Waals surface area (Å²) in [5, 5.41) is 3.41. The zero-order valence-electron chi connectivity index (χ0n) is 10.9. The van der Waals surface area contributed by atoms with E-state index in [0.29, 0.717) is 18.4 Å². The quantitative estimate of drug-likeness (QED) is 0.801. The van der Waals surface area contributed by atoms with E-state index >= 15 is 0 Å². The Balaban J connectivity index is 1.93. The predicted octanol–water partition coefficient (Wildman–Crippen LogP) is 3.55. The average molecular weight is 269 g/mol. The molecule has 18 heavy (non-hydrogen) atoms. The fourth-order valence-electron chi connectivity index (χ4n) is 2.61. The number of hydrogen-bond acceptors (Lipinski definition) is 3. The molecule has 0 saturated heterocycles. The van der Waals surface area contributed by atoms with Gasteiger partial charge in [0.1, 0.15) is 0 Å². The van der Waals surface area contributed by atoms with Gasteiger partial charge in [0.25, 0.3) is 0 Å². The molecule has 4 heteroatoms. The van der Waals surface area contributed by atoms with Gasteiger partial charge in [0.15, 0.2) is 11.6 Å². The summed E-state index contributed by atoms with van der Waals surface area (Å²) in [4.78, 5) is 4.34. The minimum absolute atomic E-state index is 0.651. The predicted molar refractivity (Wildman–Crippen MR) is 75.4 cm³/mol. The van der Waals surface area contributed by atoms with E-state index in [4.69, 9.17) is 16.3 Å². The van der Waals surface area contributed by atoms with Crippen LogP contribution in [0.25, 0.3) is 0 Å². The highest BCUT2D eigenvalue weighted by Crippen LogP contribution is 2.33. The SMILES string of the molecule is CCOc1cccnc1NCC1CCCC1CCl. The summed E-state index contributed by atoms with van der Waals surface area (Å²) in [5.74, 6) is 3.77. The van der Waals surface area contributed by atoms with Crippen LogP contribution in [0.3, 0.4) is 0 Å². The summed E-state index contributed by atoms with van der Waals surface area (Å²) in [5.41, 5.74) is 0. The lowest BCUT2D eigenvalue weighted by Gasteiger charge is -2.19.